The molecule has 0 radical (unpaired) electrons. The number of hydrogen-bond acceptors (Lipinski definition) is 4. The summed E-state index contributed by atoms with van der Waals surface area (Å²) < 4.78 is 24.7. The van der Waals surface area contributed by atoms with Crippen LogP contribution < -0.4 is 5.32 Å². The fraction of sp³-hybridized carbons (Fsp3) is 0.333. The van der Waals surface area contributed by atoms with Crippen LogP contribution in [0.25, 0.3) is 0 Å². The number of amides is 1. The number of carbonyl (C=O) groups excluding carboxylic acids is 1. The molecule has 1 spiro atoms. The molecule has 1 aliphatic carbocycles. The van der Waals surface area contributed by atoms with Crippen LogP contribution in [0.3, 0.4) is 0 Å². The monoisotopic (exact) mass is 281 g/mol. The first-order valence-corrected chi connectivity index (χ1v) is 7.41. The average molecular weight is 281 g/mol. The van der Waals surface area contributed by atoms with Gasteiger partial charge in [-0.25, -0.2) is 13.2 Å². The highest BCUT2D eigenvalue weighted by molar-refractivity contribution is 7.91. The minimum Gasteiger partial charge on any atom is -0.478 e. The standard InChI is InChI=1S/C12H11NO5S/c14-10(15)7-2-1-3-8-9(7)19(17,18)6-12(4-5-12)11(16)13-8/h1-3H,4-6H2,(H,13,16)(H,14,15). The second-order valence-electron chi connectivity index (χ2n) is 4.98. The third-order valence-corrected chi connectivity index (χ3v) is 5.60. The number of fused-ring (bicyclic) bond motifs is 1. The van der Waals surface area contributed by atoms with Crippen molar-refractivity contribution in [1.29, 1.82) is 0 Å². The Morgan fingerprint density at radius 3 is 2.58 bits per heavy atom. The molecule has 1 amide bonds. The van der Waals surface area contributed by atoms with Crippen LogP contribution >= 0.6 is 0 Å². The highest BCUT2D eigenvalue weighted by Gasteiger charge is 2.55. The molecule has 1 fully saturated rings. The Kier molecular flexibility index (Phi) is 2.28. The maximum absolute atomic E-state index is 12.4. The number of carbonyl (C=O) groups is 2. The van der Waals surface area contributed by atoms with Crippen LogP contribution in [0.4, 0.5) is 5.69 Å². The van der Waals surface area contributed by atoms with Gasteiger partial charge in [-0.3, -0.25) is 4.79 Å². The van der Waals surface area contributed by atoms with Gasteiger partial charge in [0, 0.05) is 0 Å². The number of benzene rings is 1. The van der Waals surface area contributed by atoms with Crippen molar-refractivity contribution in [2.75, 3.05) is 11.1 Å². The Morgan fingerprint density at radius 1 is 1.32 bits per heavy atom. The number of carboxylic acid groups (broad SMARTS) is 1. The first kappa shape index (κ1) is 12.2. The van der Waals surface area contributed by atoms with Crippen LogP contribution in [0.2, 0.25) is 0 Å². The van der Waals surface area contributed by atoms with Crippen molar-refractivity contribution in [1.82, 2.24) is 0 Å². The fourth-order valence-electron chi connectivity index (χ4n) is 2.42. The van der Waals surface area contributed by atoms with Crippen molar-refractivity contribution in [3.05, 3.63) is 23.8 Å². The minimum absolute atomic E-state index is 0.0636. The van der Waals surface area contributed by atoms with E-state index in [4.69, 9.17) is 5.11 Å². The number of carboxylic acids is 1. The molecule has 2 aliphatic rings. The smallest absolute Gasteiger partial charge is 0.337 e. The molecule has 19 heavy (non-hydrogen) atoms. The molecule has 1 aromatic carbocycles. The van der Waals surface area contributed by atoms with Gasteiger partial charge < -0.3 is 10.4 Å². The van der Waals surface area contributed by atoms with E-state index in [-0.39, 0.29) is 27.8 Å². The van der Waals surface area contributed by atoms with Gasteiger partial charge >= 0.3 is 5.97 Å². The second-order valence-corrected chi connectivity index (χ2v) is 6.91. The van der Waals surface area contributed by atoms with Gasteiger partial charge in [0.1, 0.15) is 4.90 Å². The predicted octanol–water partition coefficient (Wildman–Crippen LogP) is 0.891. The molecule has 1 heterocycles. The van der Waals surface area contributed by atoms with Crippen LogP contribution in [0.15, 0.2) is 23.1 Å². The number of anilines is 1. The summed E-state index contributed by atoms with van der Waals surface area (Å²) in [7, 11) is -3.80. The molecule has 2 N–H and O–H groups in total. The minimum atomic E-state index is -3.80. The molecule has 100 valence electrons. The lowest BCUT2D eigenvalue weighted by Gasteiger charge is -2.09. The Balaban J connectivity index is 2.27. The fourth-order valence-corrected chi connectivity index (χ4v) is 4.65. The van der Waals surface area contributed by atoms with E-state index in [1.807, 2.05) is 0 Å². The molecule has 0 atom stereocenters. The van der Waals surface area contributed by atoms with Gasteiger partial charge in [-0.1, -0.05) is 6.07 Å². The molecular weight excluding hydrogens is 270 g/mol. The van der Waals surface area contributed by atoms with Gasteiger partial charge in [-0.05, 0) is 25.0 Å². The zero-order chi connectivity index (χ0) is 13.8. The molecule has 0 unspecified atom stereocenters. The van der Waals surface area contributed by atoms with E-state index >= 15 is 0 Å². The first-order valence-electron chi connectivity index (χ1n) is 5.76. The summed E-state index contributed by atoms with van der Waals surface area (Å²) in [6.45, 7) is 0. The molecule has 0 aromatic heterocycles. The number of rotatable bonds is 1. The number of aromatic carboxylic acids is 1. The third-order valence-electron chi connectivity index (χ3n) is 3.61. The van der Waals surface area contributed by atoms with E-state index in [2.05, 4.69) is 5.32 Å². The van der Waals surface area contributed by atoms with Crippen LogP contribution in [-0.2, 0) is 14.6 Å². The van der Waals surface area contributed by atoms with Gasteiger partial charge in [0.15, 0.2) is 9.84 Å². The van der Waals surface area contributed by atoms with E-state index in [1.165, 1.54) is 18.2 Å². The maximum atomic E-state index is 12.4. The summed E-state index contributed by atoms with van der Waals surface area (Å²) >= 11 is 0. The zero-order valence-electron chi connectivity index (χ0n) is 9.84. The quantitative estimate of drug-likeness (QED) is 0.796. The van der Waals surface area contributed by atoms with Crippen LogP contribution in [0.1, 0.15) is 23.2 Å². The van der Waals surface area contributed by atoms with Crippen LogP contribution in [0, 0.1) is 5.41 Å². The molecule has 1 aliphatic heterocycles. The summed E-state index contributed by atoms with van der Waals surface area (Å²) in [5.41, 5.74) is -1.10. The van der Waals surface area contributed by atoms with Crippen molar-refractivity contribution >= 4 is 27.4 Å². The normalized spacial score (nSPS) is 22.2. The summed E-state index contributed by atoms with van der Waals surface area (Å²) in [4.78, 5) is 22.9. The average Bonchev–Trinajstić information content (AvgIpc) is 3.08. The molecular formula is C12H11NO5S. The Morgan fingerprint density at radius 2 is 2.00 bits per heavy atom. The molecule has 0 bridgehead atoms. The van der Waals surface area contributed by atoms with Crippen molar-refractivity contribution < 1.29 is 23.1 Å². The van der Waals surface area contributed by atoms with E-state index < -0.39 is 21.2 Å². The van der Waals surface area contributed by atoms with Crippen molar-refractivity contribution in [3.8, 4) is 0 Å². The zero-order valence-corrected chi connectivity index (χ0v) is 10.7. The van der Waals surface area contributed by atoms with E-state index in [9.17, 15) is 18.0 Å². The third kappa shape index (κ3) is 1.73. The van der Waals surface area contributed by atoms with Gasteiger partial charge in [-0.15, -0.1) is 0 Å². The molecule has 1 saturated carbocycles. The van der Waals surface area contributed by atoms with Crippen molar-refractivity contribution in [2.24, 2.45) is 5.41 Å². The maximum Gasteiger partial charge on any atom is 0.337 e. The van der Waals surface area contributed by atoms with E-state index in [1.54, 1.807) is 0 Å². The van der Waals surface area contributed by atoms with Crippen molar-refractivity contribution in [2.45, 2.75) is 17.7 Å². The second kappa shape index (κ2) is 3.57. The molecule has 6 nitrogen and oxygen atoms in total. The lowest BCUT2D eigenvalue weighted by atomic mass is 10.1. The lowest BCUT2D eigenvalue weighted by molar-refractivity contribution is -0.120. The molecule has 3 rings (SSSR count). The number of sulfone groups is 1. The van der Waals surface area contributed by atoms with Gasteiger partial charge in [0.25, 0.3) is 0 Å². The number of nitrogens with one attached hydrogen (secondary N) is 1. The van der Waals surface area contributed by atoms with Crippen LogP contribution in [0.5, 0.6) is 0 Å². The first-order chi connectivity index (χ1) is 8.86. The van der Waals surface area contributed by atoms with E-state index in [0.29, 0.717) is 12.8 Å². The summed E-state index contributed by atoms with van der Waals surface area (Å²) in [6, 6.07) is 4.07. The highest BCUT2D eigenvalue weighted by Crippen LogP contribution is 2.51. The SMILES string of the molecule is O=C(O)c1cccc2c1S(=O)(=O)CC1(CC1)C(=O)N2. The Bertz CT molecular complexity index is 703. The summed E-state index contributed by atoms with van der Waals surface area (Å²) in [5.74, 6) is -1.97. The van der Waals surface area contributed by atoms with Crippen LogP contribution in [-0.4, -0.2) is 31.2 Å². The lowest BCUT2D eigenvalue weighted by Crippen LogP contribution is -2.27. The van der Waals surface area contributed by atoms with Gasteiger partial charge in [0.2, 0.25) is 5.91 Å². The van der Waals surface area contributed by atoms with E-state index in [0.717, 1.165) is 0 Å². The summed E-state index contributed by atoms with van der Waals surface area (Å²) in [6.07, 6.45) is 1.04. The van der Waals surface area contributed by atoms with Gasteiger partial charge in [0.05, 0.1) is 22.4 Å². The summed E-state index contributed by atoms with van der Waals surface area (Å²) in [5, 5.41) is 11.6. The topological polar surface area (TPSA) is 101 Å². The largest absolute Gasteiger partial charge is 0.478 e. The molecule has 7 heteroatoms. The number of hydrogen-bond donors (Lipinski definition) is 2. The Labute approximate surface area is 109 Å². The Hall–Kier alpha value is -1.89. The predicted molar refractivity (Wildman–Crippen MR) is 65.8 cm³/mol. The molecule has 0 saturated heterocycles. The van der Waals surface area contributed by atoms with Gasteiger partial charge in [-0.2, -0.15) is 0 Å². The highest BCUT2D eigenvalue weighted by atomic mass is 32.2. The van der Waals surface area contributed by atoms with Crippen molar-refractivity contribution in [3.63, 3.8) is 0 Å². The molecule has 1 aromatic rings.